The Bertz CT molecular complexity index is 608. The van der Waals surface area contributed by atoms with Gasteiger partial charge in [0.15, 0.2) is 0 Å². The van der Waals surface area contributed by atoms with Gasteiger partial charge in [0.1, 0.15) is 11.9 Å². The Hall–Kier alpha value is -0.950. The van der Waals surface area contributed by atoms with Crippen LogP contribution in [0.5, 0.6) is 0 Å². The van der Waals surface area contributed by atoms with E-state index in [9.17, 15) is 18.0 Å². The van der Waals surface area contributed by atoms with Crippen molar-refractivity contribution in [3.63, 3.8) is 0 Å². The molecule has 2 aliphatic rings. The molecule has 4 atom stereocenters. The van der Waals surface area contributed by atoms with Crippen molar-refractivity contribution in [1.82, 2.24) is 0 Å². The highest BCUT2D eigenvalue weighted by molar-refractivity contribution is 7.86. The quantitative estimate of drug-likeness (QED) is 0.574. The fraction of sp³-hybridized carbons (Fsp3) is 0.875. The smallest absolute Gasteiger partial charge is 0.302 e. The SMILES string of the molecule is CC(=O)O[C@H]1CC(=O)[C@@H]2CC(C)(C)C[C@H](OS(C)(=O)=O)[C@@]2(C)C1. The number of hydrogen-bond acceptors (Lipinski definition) is 6. The first-order valence-corrected chi connectivity index (χ1v) is 9.72. The van der Waals surface area contributed by atoms with Crippen LogP contribution in [-0.4, -0.2) is 38.6 Å². The van der Waals surface area contributed by atoms with Gasteiger partial charge in [0, 0.05) is 24.7 Å². The number of ketones is 1. The Morgan fingerprint density at radius 2 is 1.78 bits per heavy atom. The van der Waals surface area contributed by atoms with E-state index in [0.717, 1.165) is 6.26 Å². The lowest BCUT2D eigenvalue weighted by atomic mass is 9.53. The lowest BCUT2D eigenvalue weighted by Gasteiger charge is -2.54. The molecule has 132 valence electrons. The average Bonchev–Trinajstić information content (AvgIpc) is 2.29. The van der Waals surface area contributed by atoms with Crippen LogP contribution >= 0.6 is 0 Å². The molecule has 0 saturated heterocycles. The van der Waals surface area contributed by atoms with Crippen molar-refractivity contribution in [2.24, 2.45) is 16.7 Å². The van der Waals surface area contributed by atoms with Crippen molar-refractivity contribution < 1.29 is 26.9 Å². The molecule has 0 aliphatic heterocycles. The summed E-state index contributed by atoms with van der Waals surface area (Å²) in [6, 6.07) is 0. The largest absolute Gasteiger partial charge is 0.462 e. The maximum atomic E-state index is 12.6. The zero-order valence-corrected chi connectivity index (χ0v) is 15.2. The molecule has 0 heterocycles. The van der Waals surface area contributed by atoms with Crippen molar-refractivity contribution in [1.29, 1.82) is 0 Å². The van der Waals surface area contributed by atoms with Gasteiger partial charge < -0.3 is 4.74 Å². The number of carbonyl (C=O) groups is 2. The standard InChI is InChI=1S/C16H26O6S/c1-10(17)21-11-6-13(18)12-8-15(2,3)9-14(16(12,4)7-11)22-23(5,19)20/h11-12,14H,6-9H2,1-5H3/t11-,12-,14-,16-/m0/s1. The zero-order chi connectivity index (χ0) is 17.6. The van der Waals surface area contributed by atoms with Crippen LogP contribution in [0.4, 0.5) is 0 Å². The van der Waals surface area contributed by atoms with E-state index in [4.69, 9.17) is 8.92 Å². The van der Waals surface area contributed by atoms with Crippen molar-refractivity contribution in [3.05, 3.63) is 0 Å². The fourth-order valence-electron chi connectivity index (χ4n) is 4.19. The molecule has 23 heavy (non-hydrogen) atoms. The summed E-state index contributed by atoms with van der Waals surface area (Å²) >= 11 is 0. The van der Waals surface area contributed by atoms with Crippen molar-refractivity contribution in [2.75, 3.05) is 6.26 Å². The Labute approximate surface area is 138 Å². The maximum Gasteiger partial charge on any atom is 0.302 e. The fourth-order valence-corrected chi connectivity index (χ4v) is 4.90. The van der Waals surface area contributed by atoms with Gasteiger partial charge in [0.25, 0.3) is 10.1 Å². The summed E-state index contributed by atoms with van der Waals surface area (Å²) in [5.41, 5.74) is -0.822. The highest BCUT2D eigenvalue weighted by Gasteiger charge is 2.57. The molecule has 0 aromatic rings. The molecule has 0 radical (unpaired) electrons. The highest BCUT2D eigenvalue weighted by atomic mass is 32.2. The topological polar surface area (TPSA) is 86.7 Å². The monoisotopic (exact) mass is 346 g/mol. The molecule has 0 aromatic heterocycles. The summed E-state index contributed by atoms with van der Waals surface area (Å²) in [7, 11) is -3.64. The molecular weight excluding hydrogens is 320 g/mol. The predicted molar refractivity (Wildman–Crippen MR) is 84.1 cm³/mol. The van der Waals surface area contributed by atoms with E-state index in [2.05, 4.69) is 0 Å². The molecule has 7 heteroatoms. The molecule has 2 aliphatic carbocycles. The lowest BCUT2D eigenvalue weighted by molar-refractivity contribution is -0.168. The molecule has 0 amide bonds. The number of ether oxygens (including phenoxy) is 1. The maximum absolute atomic E-state index is 12.6. The number of Topliss-reactive ketones (excluding diaryl/α,β-unsaturated/α-hetero) is 1. The average molecular weight is 346 g/mol. The second-order valence-electron chi connectivity index (χ2n) is 8.03. The first-order chi connectivity index (χ1) is 10.3. The summed E-state index contributed by atoms with van der Waals surface area (Å²) in [6.45, 7) is 7.25. The van der Waals surface area contributed by atoms with Gasteiger partial charge in [-0.25, -0.2) is 0 Å². The molecule has 0 bridgehead atoms. The third kappa shape index (κ3) is 4.12. The third-order valence-electron chi connectivity index (χ3n) is 5.13. The van der Waals surface area contributed by atoms with Crippen LogP contribution in [0.3, 0.4) is 0 Å². The van der Waals surface area contributed by atoms with Crippen LogP contribution in [0.25, 0.3) is 0 Å². The number of hydrogen-bond donors (Lipinski definition) is 0. The van der Waals surface area contributed by atoms with E-state index in [1.165, 1.54) is 6.92 Å². The van der Waals surface area contributed by atoms with E-state index in [1.807, 2.05) is 20.8 Å². The van der Waals surface area contributed by atoms with Crippen molar-refractivity contribution in [2.45, 2.75) is 65.6 Å². The molecule has 2 fully saturated rings. The van der Waals surface area contributed by atoms with Crippen LogP contribution in [0.15, 0.2) is 0 Å². The minimum Gasteiger partial charge on any atom is -0.462 e. The summed E-state index contributed by atoms with van der Waals surface area (Å²) in [5, 5.41) is 0. The second kappa shape index (κ2) is 5.84. The van der Waals surface area contributed by atoms with Gasteiger partial charge in [-0.2, -0.15) is 8.42 Å². The Kier molecular flexibility index (Phi) is 4.67. The normalized spacial score (nSPS) is 37.1. The number of esters is 1. The minimum absolute atomic E-state index is 0.0277. The summed E-state index contributed by atoms with van der Waals surface area (Å²) in [4.78, 5) is 23.9. The van der Waals surface area contributed by atoms with Gasteiger partial charge in [-0.3, -0.25) is 13.8 Å². The van der Waals surface area contributed by atoms with Gasteiger partial charge in [-0.05, 0) is 24.7 Å². The first kappa shape index (κ1) is 18.4. The van der Waals surface area contributed by atoms with E-state index >= 15 is 0 Å². The van der Waals surface area contributed by atoms with E-state index in [-0.39, 0.29) is 23.5 Å². The predicted octanol–water partition coefficient (Wildman–Crippen LogP) is 2.07. The molecule has 0 N–H and O–H groups in total. The Balaban J connectivity index is 2.36. The van der Waals surface area contributed by atoms with Gasteiger partial charge in [0.05, 0.1) is 12.4 Å². The molecule has 0 unspecified atom stereocenters. The molecule has 0 aromatic carbocycles. The van der Waals surface area contributed by atoms with E-state index in [0.29, 0.717) is 19.3 Å². The van der Waals surface area contributed by atoms with E-state index < -0.39 is 33.7 Å². The van der Waals surface area contributed by atoms with E-state index in [1.54, 1.807) is 0 Å². The lowest BCUT2D eigenvalue weighted by Crippen LogP contribution is -2.57. The Morgan fingerprint density at radius 3 is 2.30 bits per heavy atom. The van der Waals surface area contributed by atoms with Gasteiger partial charge in [-0.15, -0.1) is 0 Å². The summed E-state index contributed by atoms with van der Waals surface area (Å²) < 4.78 is 34.0. The number of carbonyl (C=O) groups excluding carboxylic acids is 2. The zero-order valence-electron chi connectivity index (χ0n) is 14.4. The van der Waals surface area contributed by atoms with Crippen LogP contribution in [0.1, 0.15) is 53.4 Å². The number of fused-ring (bicyclic) bond motifs is 1. The summed E-state index contributed by atoms with van der Waals surface area (Å²) in [6.07, 6.45) is 1.81. The molecule has 2 rings (SSSR count). The highest BCUT2D eigenvalue weighted by Crippen LogP contribution is 2.55. The van der Waals surface area contributed by atoms with Gasteiger partial charge in [0.2, 0.25) is 0 Å². The minimum atomic E-state index is -3.64. The molecular formula is C16H26O6S. The van der Waals surface area contributed by atoms with Crippen molar-refractivity contribution in [3.8, 4) is 0 Å². The third-order valence-corrected chi connectivity index (χ3v) is 5.72. The van der Waals surface area contributed by atoms with Crippen LogP contribution in [0.2, 0.25) is 0 Å². The summed E-state index contributed by atoms with van der Waals surface area (Å²) in [5.74, 6) is -0.675. The molecule has 2 saturated carbocycles. The van der Waals surface area contributed by atoms with Crippen LogP contribution in [0, 0.1) is 16.7 Å². The first-order valence-electron chi connectivity index (χ1n) is 7.91. The second-order valence-corrected chi connectivity index (χ2v) is 9.63. The van der Waals surface area contributed by atoms with Gasteiger partial charge in [-0.1, -0.05) is 20.8 Å². The number of rotatable bonds is 3. The Morgan fingerprint density at radius 1 is 1.17 bits per heavy atom. The molecule has 6 nitrogen and oxygen atoms in total. The van der Waals surface area contributed by atoms with Crippen molar-refractivity contribution >= 4 is 21.9 Å². The van der Waals surface area contributed by atoms with Crippen LogP contribution < -0.4 is 0 Å². The van der Waals surface area contributed by atoms with Crippen LogP contribution in [-0.2, 0) is 28.6 Å². The molecule has 0 spiro atoms. The van der Waals surface area contributed by atoms with Gasteiger partial charge >= 0.3 is 5.97 Å².